The van der Waals surface area contributed by atoms with Crippen LogP contribution in [0.3, 0.4) is 0 Å². The fraction of sp³-hybridized carbons (Fsp3) is 0.435. The lowest BCUT2D eigenvalue weighted by molar-refractivity contribution is -0.134. The van der Waals surface area contributed by atoms with Gasteiger partial charge in [-0.05, 0) is 37.8 Å². The molecule has 3 aromatic rings. The van der Waals surface area contributed by atoms with Crippen molar-refractivity contribution in [1.29, 1.82) is 0 Å². The lowest BCUT2D eigenvalue weighted by atomic mass is 9.85. The Bertz CT molecular complexity index is 1140. The molecule has 1 aromatic carbocycles. The average molecular weight is 452 g/mol. The molecular weight excluding hydrogens is 422 g/mol. The summed E-state index contributed by atoms with van der Waals surface area (Å²) in [4.78, 5) is 34.4. The predicted molar refractivity (Wildman–Crippen MR) is 124 cm³/mol. The Balaban J connectivity index is 1.47. The number of carbonyl (C=O) groups is 2. The van der Waals surface area contributed by atoms with Crippen LogP contribution in [0.15, 0.2) is 36.7 Å². The van der Waals surface area contributed by atoms with Crippen LogP contribution in [0.1, 0.15) is 25.7 Å². The summed E-state index contributed by atoms with van der Waals surface area (Å²) < 4.78 is 7.37. The molecule has 2 aromatic heterocycles. The van der Waals surface area contributed by atoms with Crippen LogP contribution in [0, 0.1) is 5.92 Å². The van der Waals surface area contributed by atoms with Crippen molar-refractivity contribution in [2.45, 2.75) is 31.7 Å². The third kappa shape index (κ3) is 5.05. The molecule has 1 saturated carbocycles. The number of hydrogen-bond donors (Lipinski definition) is 2. The third-order valence-electron chi connectivity index (χ3n) is 5.92. The van der Waals surface area contributed by atoms with Gasteiger partial charge in [-0.2, -0.15) is 10.1 Å². The van der Waals surface area contributed by atoms with Gasteiger partial charge >= 0.3 is 0 Å². The summed E-state index contributed by atoms with van der Waals surface area (Å²) in [6, 6.07) is 7.61. The molecule has 0 saturated heterocycles. The SMILES string of the molecule is CNC(=O)COc1cccc2c1cnn2-c1ccnc(NC2CCC(C(=O)N(C)C)CC2)n1. The van der Waals surface area contributed by atoms with Crippen molar-refractivity contribution >= 4 is 28.7 Å². The van der Waals surface area contributed by atoms with Gasteiger partial charge < -0.3 is 20.3 Å². The third-order valence-corrected chi connectivity index (χ3v) is 5.92. The first kappa shape index (κ1) is 22.5. The molecule has 4 rings (SSSR count). The molecule has 2 N–H and O–H groups in total. The molecule has 174 valence electrons. The first-order valence-electron chi connectivity index (χ1n) is 11.1. The Morgan fingerprint density at radius 3 is 2.70 bits per heavy atom. The quantitative estimate of drug-likeness (QED) is 0.565. The number of rotatable bonds is 7. The molecular formula is C23H29N7O3. The van der Waals surface area contributed by atoms with Crippen molar-refractivity contribution in [3.05, 3.63) is 36.7 Å². The van der Waals surface area contributed by atoms with E-state index in [-0.39, 0.29) is 30.4 Å². The normalized spacial score (nSPS) is 18.0. The van der Waals surface area contributed by atoms with Crippen molar-refractivity contribution in [3.63, 3.8) is 0 Å². The lowest BCUT2D eigenvalue weighted by Crippen LogP contribution is -2.35. The molecule has 1 aliphatic rings. The van der Waals surface area contributed by atoms with Gasteiger partial charge in [-0.15, -0.1) is 0 Å². The first-order chi connectivity index (χ1) is 16.0. The monoisotopic (exact) mass is 451 g/mol. The number of benzene rings is 1. The molecule has 0 atom stereocenters. The van der Waals surface area contributed by atoms with Crippen LogP contribution in [0.2, 0.25) is 0 Å². The minimum absolute atomic E-state index is 0.0647. The predicted octanol–water partition coefficient (Wildman–Crippen LogP) is 2.00. The summed E-state index contributed by atoms with van der Waals surface area (Å²) in [7, 11) is 5.18. The van der Waals surface area contributed by atoms with Gasteiger partial charge in [0.25, 0.3) is 5.91 Å². The number of ether oxygens (including phenoxy) is 1. The van der Waals surface area contributed by atoms with E-state index >= 15 is 0 Å². The maximum absolute atomic E-state index is 12.2. The number of carbonyl (C=O) groups excluding carboxylic acids is 2. The number of amides is 2. The fourth-order valence-electron chi connectivity index (χ4n) is 4.12. The number of nitrogens with zero attached hydrogens (tertiary/aromatic N) is 5. The molecule has 1 fully saturated rings. The van der Waals surface area contributed by atoms with Crippen LogP contribution < -0.4 is 15.4 Å². The zero-order valence-corrected chi connectivity index (χ0v) is 19.1. The van der Waals surface area contributed by atoms with Crippen molar-refractivity contribution in [2.24, 2.45) is 5.92 Å². The number of likely N-dealkylation sites (N-methyl/N-ethyl adjacent to an activating group) is 1. The molecule has 0 spiro atoms. The van der Waals surface area contributed by atoms with Gasteiger partial charge in [-0.3, -0.25) is 9.59 Å². The summed E-state index contributed by atoms with van der Waals surface area (Å²) >= 11 is 0. The molecule has 0 unspecified atom stereocenters. The zero-order chi connectivity index (χ0) is 23.4. The molecule has 0 aliphatic heterocycles. The molecule has 0 bridgehead atoms. The van der Waals surface area contributed by atoms with E-state index in [0.717, 1.165) is 36.6 Å². The molecule has 2 heterocycles. The average Bonchev–Trinajstić information content (AvgIpc) is 3.27. The molecule has 2 amide bonds. The van der Waals surface area contributed by atoms with Crippen LogP contribution in [-0.2, 0) is 9.59 Å². The topological polar surface area (TPSA) is 114 Å². The van der Waals surface area contributed by atoms with Crippen molar-refractivity contribution in [2.75, 3.05) is 33.1 Å². The Hall–Kier alpha value is -3.69. The summed E-state index contributed by atoms with van der Waals surface area (Å²) in [6.45, 7) is -0.0647. The Labute approximate surface area is 192 Å². The zero-order valence-electron chi connectivity index (χ0n) is 19.1. The van der Waals surface area contributed by atoms with Gasteiger partial charge in [0.15, 0.2) is 12.4 Å². The second-order valence-electron chi connectivity index (χ2n) is 8.37. The highest BCUT2D eigenvalue weighted by Crippen LogP contribution is 2.28. The second kappa shape index (κ2) is 9.85. The van der Waals surface area contributed by atoms with E-state index in [1.807, 2.05) is 32.3 Å². The van der Waals surface area contributed by atoms with Crippen LogP contribution >= 0.6 is 0 Å². The molecule has 0 radical (unpaired) electrons. The van der Waals surface area contributed by atoms with Gasteiger partial charge in [0.05, 0.1) is 17.1 Å². The Morgan fingerprint density at radius 1 is 1.18 bits per heavy atom. The summed E-state index contributed by atoms with van der Waals surface area (Å²) in [5.74, 6) is 1.84. The van der Waals surface area contributed by atoms with E-state index < -0.39 is 0 Å². The van der Waals surface area contributed by atoms with Gasteiger partial charge in [0.1, 0.15) is 5.75 Å². The molecule has 33 heavy (non-hydrogen) atoms. The molecule has 10 heteroatoms. The second-order valence-corrected chi connectivity index (χ2v) is 8.37. The summed E-state index contributed by atoms with van der Waals surface area (Å²) in [6.07, 6.45) is 6.91. The van der Waals surface area contributed by atoms with Crippen LogP contribution in [0.4, 0.5) is 5.95 Å². The molecule has 10 nitrogen and oxygen atoms in total. The number of aromatic nitrogens is 4. The minimum Gasteiger partial charge on any atom is -0.483 e. The van der Waals surface area contributed by atoms with Crippen LogP contribution in [0.25, 0.3) is 16.7 Å². The highest BCUT2D eigenvalue weighted by atomic mass is 16.5. The van der Waals surface area contributed by atoms with Crippen LogP contribution in [-0.4, -0.2) is 70.3 Å². The van der Waals surface area contributed by atoms with Crippen LogP contribution in [0.5, 0.6) is 5.75 Å². The number of fused-ring (bicyclic) bond motifs is 1. The number of nitrogens with one attached hydrogen (secondary N) is 2. The van der Waals surface area contributed by atoms with Crippen molar-refractivity contribution in [1.82, 2.24) is 30.0 Å². The van der Waals surface area contributed by atoms with Gasteiger partial charge in [0.2, 0.25) is 11.9 Å². The van der Waals surface area contributed by atoms with Crippen molar-refractivity contribution < 1.29 is 14.3 Å². The van der Waals surface area contributed by atoms with Crippen molar-refractivity contribution in [3.8, 4) is 11.6 Å². The maximum atomic E-state index is 12.2. The summed E-state index contributed by atoms with van der Waals surface area (Å²) in [5.41, 5.74) is 0.816. The maximum Gasteiger partial charge on any atom is 0.257 e. The number of hydrogen-bond acceptors (Lipinski definition) is 7. The first-order valence-corrected chi connectivity index (χ1v) is 11.1. The van der Waals surface area contributed by atoms with Gasteiger partial charge in [-0.25, -0.2) is 9.67 Å². The highest BCUT2D eigenvalue weighted by Gasteiger charge is 2.27. The van der Waals surface area contributed by atoms with E-state index in [9.17, 15) is 9.59 Å². The minimum atomic E-state index is -0.203. The lowest BCUT2D eigenvalue weighted by Gasteiger charge is -2.29. The number of anilines is 1. The van der Waals surface area contributed by atoms with E-state index in [1.54, 1.807) is 35.1 Å². The van der Waals surface area contributed by atoms with Gasteiger partial charge in [-0.1, -0.05) is 6.07 Å². The van der Waals surface area contributed by atoms with E-state index in [2.05, 4.69) is 25.7 Å². The Kier molecular flexibility index (Phi) is 6.71. The van der Waals surface area contributed by atoms with E-state index in [0.29, 0.717) is 17.5 Å². The highest BCUT2D eigenvalue weighted by molar-refractivity contribution is 5.87. The van der Waals surface area contributed by atoms with Gasteiger partial charge in [0, 0.05) is 45.4 Å². The largest absolute Gasteiger partial charge is 0.483 e. The fourth-order valence-corrected chi connectivity index (χ4v) is 4.12. The summed E-state index contributed by atoms with van der Waals surface area (Å²) in [5, 5.41) is 11.2. The molecule has 1 aliphatic carbocycles. The smallest absolute Gasteiger partial charge is 0.257 e. The van der Waals surface area contributed by atoms with E-state index in [4.69, 9.17) is 4.74 Å². The Morgan fingerprint density at radius 2 is 1.97 bits per heavy atom. The standard InChI is InChI=1S/C23H29N7O3/c1-24-21(31)14-33-19-6-4-5-18-17(19)13-26-30(18)20-11-12-25-23(28-20)27-16-9-7-15(8-10-16)22(32)29(2)3/h4-6,11-13,15-16H,7-10,14H2,1-3H3,(H,24,31)(H,25,27,28). The van der Waals surface area contributed by atoms with E-state index in [1.165, 1.54) is 0 Å².